The number of hydrogen-bond donors (Lipinski definition) is 1. The van der Waals surface area contributed by atoms with Crippen molar-refractivity contribution in [3.05, 3.63) is 48.3 Å². The number of aliphatic carboxylic acids is 1. The lowest BCUT2D eigenvalue weighted by molar-refractivity contribution is -0.147. The summed E-state index contributed by atoms with van der Waals surface area (Å²) in [5.74, 6) is -0.890. The van der Waals surface area contributed by atoms with Gasteiger partial charge in [-0.15, -0.1) is 0 Å². The van der Waals surface area contributed by atoms with E-state index in [-0.39, 0.29) is 12.3 Å². The number of morpholine rings is 1. The molecular weight excluding hydrogens is 322 g/mol. The lowest BCUT2D eigenvalue weighted by atomic mass is 10.1. The van der Waals surface area contributed by atoms with Gasteiger partial charge < -0.3 is 14.7 Å². The third-order valence-corrected chi connectivity index (χ3v) is 4.18. The van der Waals surface area contributed by atoms with Gasteiger partial charge in [-0.2, -0.15) is 5.10 Å². The number of aromatic nitrogens is 2. The van der Waals surface area contributed by atoms with Crippen LogP contribution in [0.25, 0.3) is 5.69 Å². The summed E-state index contributed by atoms with van der Waals surface area (Å²) in [6.45, 7) is 1.24. The number of hydrogen-bond acceptors (Lipinski definition) is 4. The molecule has 1 unspecified atom stereocenters. The van der Waals surface area contributed by atoms with Gasteiger partial charge in [0.15, 0.2) is 0 Å². The fourth-order valence-corrected chi connectivity index (χ4v) is 2.88. The highest BCUT2D eigenvalue weighted by molar-refractivity contribution is 5.76. The first-order valence-corrected chi connectivity index (χ1v) is 8.32. The van der Waals surface area contributed by atoms with Crippen molar-refractivity contribution in [1.29, 1.82) is 0 Å². The Balaban J connectivity index is 1.52. The second-order valence-electron chi connectivity index (χ2n) is 6.06. The van der Waals surface area contributed by atoms with Gasteiger partial charge in [0, 0.05) is 25.7 Å². The molecule has 7 nitrogen and oxygen atoms in total. The number of benzene rings is 1. The Hall–Kier alpha value is -2.67. The fraction of sp³-hybridized carbons (Fsp3) is 0.389. The summed E-state index contributed by atoms with van der Waals surface area (Å²) in [6, 6.07) is 9.79. The summed E-state index contributed by atoms with van der Waals surface area (Å²) < 4.78 is 7.19. The molecule has 1 fully saturated rings. The van der Waals surface area contributed by atoms with E-state index in [2.05, 4.69) is 5.10 Å². The molecule has 25 heavy (non-hydrogen) atoms. The molecule has 1 amide bonds. The van der Waals surface area contributed by atoms with Crippen LogP contribution in [0.1, 0.15) is 18.4 Å². The Labute approximate surface area is 145 Å². The van der Waals surface area contributed by atoms with Crippen LogP contribution < -0.4 is 0 Å². The molecule has 0 saturated carbocycles. The minimum Gasteiger partial charge on any atom is -0.481 e. The molecule has 0 radical (unpaired) electrons. The Bertz CT molecular complexity index is 729. The number of rotatable bonds is 6. The smallest absolute Gasteiger partial charge is 0.306 e. The van der Waals surface area contributed by atoms with Crippen LogP contribution in [0.3, 0.4) is 0 Å². The summed E-state index contributed by atoms with van der Waals surface area (Å²) in [7, 11) is 0. The monoisotopic (exact) mass is 343 g/mol. The van der Waals surface area contributed by atoms with E-state index < -0.39 is 12.1 Å². The van der Waals surface area contributed by atoms with Crippen molar-refractivity contribution < 1.29 is 19.4 Å². The molecule has 3 rings (SSSR count). The predicted octanol–water partition coefficient (Wildman–Crippen LogP) is 1.51. The summed E-state index contributed by atoms with van der Waals surface area (Å²) in [5.41, 5.74) is 1.97. The topological polar surface area (TPSA) is 84.7 Å². The minimum atomic E-state index is -0.910. The van der Waals surface area contributed by atoms with E-state index in [4.69, 9.17) is 9.84 Å². The van der Waals surface area contributed by atoms with Crippen LogP contribution in [0.15, 0.2) is 42.7 Å². The molecule has 1 aromatic heterocycles. The maximum absolute atomic E-state index is 12.4. The van der Waals surface area contributed by atoms with E-state index in [1.165, 1.54) is 0 Å². The number of carbonyl (C=O) groups is 2. The zero-order valence-electron chi connectivity index (χ0n) is 13.9. The zero-order valence-corrected chi connectivity index (χ0v) is 13.9. The van der Waals surface area contributed by atoms with Crippen LogP contribution in [-0.4, -0.2) is 57.5 Å². The molecule has 1 aliphatic heterocycles. The van der Waals surface area contributed by atoms with E-state index in [0.717, 1.165) is 11.3 Å². The molecule has 0 aliphatic carbocycles. The summed E-state index contributed by atoms with van der Waals surface area (Å²) >= 11 is 0. The maximum Gasteiger partial charge on any atom is 0.306 e. The molecule has 0 bridgehead atoms. The quantitative estimate of drug-likeness (QED) is 0.859. The number of ether oxygens (including phenoxy) is 1. The van der Waals surface area contributed by atoms with Gasteiger partial charge in [0.25, 0.3) is 0 Å². The van der Waals surface area contributed by atoms with Crippen LogP contribution in [0, 0.1) is 0 Å². The first-order chi connectivity index (χ1) is 12.1. The molecule has 2 heterocycles. The van der Waals surface area contributed by atoms with Crippen molar-refractivity contribution in [1.82, 2.24) is 14.7 Å². The molecule has 1 aliphatic rings. The van der Waals surface area contributed by atoms with Crippen molar-refractivity contribution in [2.24, 2.45) is 0 Å². The van der Waals surface area contributed by atoms with Crippen molar-refractivity contribution in [2.45, 2.75) is 25.4 Å². The van der Waals surface area contributed by atoms with Gasteiger partial charge in [0.05, 0.1) is 31.0 Å². The van der Waals surface area contributed by atoms with E-state index >= 15 is 0 Å². The van der Waals surface area contributed by atoms with Crippen molar-refractivity contribution >= 4 is 11.9 Å². The third-order valence-electron chi connectivity index (χ3n) is 4.18. The summed E-state index contributed by atoms with van der Waals surface area (Å²) in [5, 5.41) is 13.2. The second kappa shape index (κ2) is 7.94. The van der Waals surface area contributed by atoms with Crippen LogP contribution in [-0.2, 0) is 20.7 Å². The van der Waals surface area contributed by atoms with Crippen LogP contribution in [0.4, 0.5) is 0 Å². The summed E-state index contributed by atoms with van der Waals surface area (Å²) in [4.78, 5) is 24.8. The summed E-state index contributed by atoms with van der Waals surface area (Å²) in [6.07, 6.45) is 4.18. The van der Waals surface area contributed by atoms with Crippen LogP contribution in [0.5, 0.6) is 0 Å². The normalized spacial score (nSPS) is 17.4. The molecule has 1 saturated heterocycles. The Morgan fingerprint density at radius 2 is 2.08 bits per heavy atom. The maximum atomic E-state index is 12.4. The highest BCUT2D eigenvalue weighted by Gasteiger charge is 2.25. The average Bonchev–Trinajstić information content (AvgIpc) is 3.09. The van der Waals surface area contributed by atoms with Gasteiger partial charge in [-0.3, -0.25) is 9.59 Å². The third kappa shape index (κ3) is 4.67. The van der Waals surface area contributed by atoms with Gasteiger partial charge in [0.2, 0.25) is 5.91 Å². The molecule has 7 heteroatoms. The molecule has 1 atom stereocenters. The molecular formula is C18H21N3O4. The first kappa shape index (κ1) is 17.2. The molecule has 2 aromatic rings. The highest BCUT2D eigenvalue weighted by atomic mass is 16.5. The minimum absolute atomic E-state index is 0.0196. The van der Waals surface area contributed by atoms with E-state index in [0.29, 0.717) is 32.5 Å². The molecule has 1 N–H and O–H groups in total. The number of carboxylic acids is 1. The number of carboxylic acid groups (broad SMARTS) is 1. The fourth-order valence-electron chi connectivity index (χ4n) is 2.88. The van der Waals surface area contributed by atoms with Gasteiger partial charge in [-0.25, -0.2) is 4.68 Å². The molecule has 1 aromatic carbocycles. The van der Waals surface area contributed by atoms with E-state index in [1.807, 2.05) is 36.5 Å². The zero-order chi connectivity index (χ0) is 17.6. The van der Waals surface area contributed by atoms with Gasteiger partial charge in [-0.05, 0) is 24.1 Å². The first-order valence-electron chi connectivity index (χ1n) is 8.32. The SMILES string of the molecule is O=C(O)CC1CN(C(=O)CCc2cnn(-c3ccccc3)c2)CCO1. The number of para-hydroxylation sites is 1. The predicted molar refractivity (Wildman–Crippen MR) is 90.5 cm³/mol. The van der Waals surface area contributed by atoms with Crippen molar-refractivity contribution in [2.75, 3.05) is 19.7 Å². The van der Waals surface area contributed by atoms with E-state index in [1.54, 1.807) is 15.8 Å². The van der Waals surface area contributed by atoms with Gasteiger partial charge >= 0.3 is 5.97 Å². The molecule has 132 valence electrons. The molecule has 0 spiro atoms. The lowest BCUT2D eigenvalue weighted by Gasteiger charge is -2.32. The van der Waals surface area contributed by atoms with Gasteiger partial charge in [0.1, 0.15) is 0 Å². The largest absolute Gasteiger partial charge is 0.481 e. The highest BCUT2D eigenvalue weighted by Crippen LogP contribution is 2.13. The average molecular weight is 343 g/mol. The van der Waals surface area contributed by atoms with E-state index in [9.17, 15) is 9.59 Å². The van der Waals surface area contributed by atoms with Crippen molar-refractivity contribution in [3.8, 4) is 5.69 Å². The standard InChI is InChI=1S/C18H21N3O4/c22-17(20-8-9-25-16(13-20)10-18(23)24)7-6-14-11-19-21(12-14)15-4-2-1-3-5-15/h1-5,11-12,16H,6-10,13H2,(H,23,24). The Morgan fingerprint density at radius 3 is 2.84 bits per heavy atom. The van der Waals surface area contributed by atoms with Crippen LogP contribution >= 0.6 is 0 Å². The van der Waals surface area contributed by atoms with Crippen molar-refractivity contribution in [3.63, 3.8) is 0 Å². The number of carbonyl (C=O) groups excluding carboxylic acids is 1. The number of nitrogens with zero attached hydrogens (tertiary/aromatic N) is 3. The second-order valence-corrected chi connectivity index (χ2v) is 6.06. The van der Waals surface area contributed by atoms with Crippen LogP contribution in [0.2, 0.25) is 0 Å². The number of amides is 1. The Kier molecular flexibility index (Phi) is 5.45. The van der Waals surface area contributed by atoms with Gasteiger partial charge in [-0.1, -0.05) is 18.2 Å². The lowest BCUT2D eigenvalue weighted by Crippen LogP contribution is -2.46. The number of aryl methyl sites for hydroxylation is 1. The Morgan fingerprint density at radius 1 is 1.28 bits per heavy atom.